The van der Waals surface area contributed by atoms with Crippen molar-refractivity contribution in [3.8, 4) is 0 Å². The lowest BCUT2D eigenvalue weighted by atomic mass is 10.2. The van der Waals surface area contributed by atoms with Crippen molar-refractivity contribution in [2.45, 2.75) is 6.54 Å². The number of hydrogen-bond donors (Lipinski definition) is 0. The van der Waals surface area contributed by atoms with Crippen LogP contribution >= 0.6 is 27.3 Å². The van der Waals surface area contributed by atoms with Crippen molar-refractivity contribution < 1.29 is 9.21 Å². The molecular formula is C20H13BrN2O3S. The second kappa shape index (κ2) is 7.46. The van der Waals surface area contributed by atoms with Gasteiger partial charge in [-0.05, 0) is 41.8 Å². The molecule has 27 heavy (non-hydrogen) atoms. The van der Waals surface area contributed by atoms with E-state index in [4.69, 9.17) is 4.42 Å². The van der Waals surface area contributed by atoms with Crippen molar-refractivity contribution >= 4 is 50.0 Å². The number of aromatic nitrogens is 1. The van der Waals surface area contributed by atoms with E-state index in [-0.39, 0.29) is 11.2 Å². The molecular weight excluding hydrogens is 428 g/mol. The van der Waals surface area contributed by atoms with Gasteiger partial charge in [0.15, 0.2) is 11.2 Å². The first-order chi connectivity index (χ1) is 13.1. The monoisotopic (exact) mass is 440 g/mol. The maximum Gasteiger partial charge on any atom is 0.295 e. The topological polar surface area (TPSA) is 63.4 Å². The summed E-state index contributed by atoms with van der Waals surface area (Å²) in [6.07, 6.45) is 1.62. The maximum atomic E-state index is 13.2. The van der Waals surface area contributed by atoms with Gasteiger partial charge in [0.2, 0.25) is 0 Å². The van der Waals surface area contributed by atoms with Gasteiger partial charge in [-0.15, -0.1) is 11.3 Å². The van der Waals surface area contributed by atoms with E-state index in [2.05, 4.69) is 20.9 Å². The molecule has 1 amide bonds. The molecule has 0 aliphatic heterocycles. The van der Waals surface area contributed by atoms with E-state index < -0.39 is 5.91 Å². The first-order valence-electron chi connectivity index (χ1n) is 8.10. The molecule has 0 aliphatic rings. The summed E-state index contributed by atoms with van der Waals surface area (Å²) in [4.78, 5) is 32.4. The SMILES string of the molecule is O=C(c1cc(=O)c2cc(Br)ccc2o1)N(Cc1cccs1)c1ccccn1. The molecule has 0 N–H and O–H groups in total. The van der Waals surface area contributed by atoms with E-state index in [1.807, 2.05) is 23.6 Å². The van der Waals surface area contributed by atoms with Crippen LogP contribution in [0.2, 0.25) is 0 Å². The minimum atomic E-state index is -0.413. The van der Waals surface area contributed by atoms with E-state index >= 15 is 0 Å². The summed E-state index contributed by atoms with van der Waals surface area (Å²) >= 11 is 4.88. The van der Waals surface area contributed by atoms with Crippen LogP contribution in [0.5, 0.6) is 0 Å². The number of hydrogen-bond acceptors (Lipinski definition) is 5. The summed E-state index contributed by atoms with van der Waals surface area (Å²) in [7, 11) is 0. The normalized spacial score (nSPS) is 10.9. The Labute approximate surface area is 167 Å². The number of nitrogens with zero attached hydrogens (tertiary/aromatic N) is 2. The van der Waals surface area contributed by atoms with E-state index in [1.165, 1.54) is 11.0 Å². The Balaban J connectivity index is 1.78. The number of carbonyl (C=O) groups is 1. The number of rotatable bonds is 4. The highest BCUT2D eigenvalue weighted by molar-refractivity contribution is 9.10. The highest BCUT2D eigenvalue weighted by Gasteiger charge is 2.23. The summed E-state index contributed by atoms with van der Waals surface area (Å²) in [5, 5.41) is 2.37. The van der Waals surface area contributed by atoms with Crippen LogP contribution in [-0.4, -0.2) is 10.9 Å². The second-order valence-electron chi connectivity index (χ2n) is 5.77. The van der Waals surface area contributed by atoms with Gasteiger partial charge in [0.25, 0.3) is 5.91 Å². The Hall–Kier alpha value is -2.77. The van der Waals surface area contributed by atoms with Crippen molar-refractivity contribution in [2.24, 2.45) is 0 Å². The number of carbonyl (C=O) groups excluding carboxylic acids is 1. The molecule has 0 atom stereocenters. The molecule has 0 unspecified atom stereocenters. The molecule has 4 rings (SSSR count). The summed E-state index contributed by atoms with van der Waals surface area (Å²) in [5.74, 6) is 0.0653. The first kappa shape index (κ1) is 17.6. The number of anilines is 1. The lowest BCUT2D eigenvalue weighted by Gasteiger charge is -2.20. The largest absolute Gasteiger partial charge is 0.451 e. The quantitative estimate of drug-likeness (QED) is 0.454. The van der Waals surface area contributed by atoms with Crippen molar-refractivity contribution in [1.82, 2.24) is 4.98 Å². The van der Waals surface area contributed by atoms with Crippen LogP contribution in [0.15, 0.2) is 79.9 Å². The fourth-order valence-corrected chi connectivity index (χ4v) is 3.75. The van der Waals surface area contributed by atoms with Crippen molar-refractivity contribution in [3.63, 3.8) is 0 Å². The molecule has 3 heterocycles. The minimum absolute atomic E-state index is 0.0166. The van der Waals surface area contributed by atoms with Crippen LogP contribution in [0.4, 0.5) is 5.82 Å². The highest BCUT2D eigenvalue weighted by Crippen LogP contribution is 2.22. The number of pyridine rings is 1. The van der Waals surface area contributed by atoms with Gasteiger partial charge in [-0.2, -0.15) is 0 Å². The zero-order chi connectivity index (χ0) is 18.8. The molecule has 0 saturated heterocycles. The van der Waals surface area contributed by atoms with Crippen molar-refractivity contribution in [1.29, 1.82) is 0 Å². The van der Waals surface area contributed by atoms with Crippen LogP contribution < -0.4 is 10.3 Å². The molecule has 0 saturated carbocycles. The van der Waals surface area contributed by atoms with Crippen LogP contribution in [0.25, 0.3) is 11.0 Å². The van der Waals surface area contributed by atoms with Crippen LogP contribution in [0, 0.1) is 0 Å². The number of halogens is 1. The van der Waals surface area contributed by atoms with Gasteiger partial charge in [0, 0.05) is 21.6 Å². The van der Waals surface area contributed by atoms with E-state index in [0.29, 0.717) is 23.3 Å². The Bertz CT molecular complexity index is 1160. The van der Waals surface area contributed by atoms with E-state index in [9.17, 15) is 9.59 Å². The lowest BCUT2D eigenvalue weighted by Crippen LogP contribution is -2.31. The number of amides is 1. The summed E-state index contributed by atoms with van der Waals surface area (Å²) in [5.41, 5.74) is 0.101. The van der Waals surface area contributed by atoms with Gasteiger partial charge < -0.3 is 4.42 Å². The van der Waals surface area contributed by atoms with Gasteiger partial charge in [-0.25, -0.2) is 4.98 Å². The molecule has 5 nitrogen and oxygen atoms in total. The molecule has 0 spiro atoms. The Morgan fingerprint density at radius 1 is 1.15 bits per heavy atom. The predicted molar refractivity (Wildman–Crippen MR) is 109 cm³/mol. The summed E-state index contributed by atoms with van der Waals surface area (Å²) in [6.45, 7) is 0.343. The van der Waals surface area contributed by atoms with Crippen LogP contribution in [-0.2, 0) is 6.54 Å². The molecule has 0 aliphatic carbocycles. The van der Waals surface area contributed by atoms with Crippen molar-refractivity contribution in [2.75, 3.05) is 4.90 Å². The Morgan fingerprint density at radius 3 is 2.78 bits per heavy atom. The third kappa shape index (κ3) is 3.70. The average molecular weight is 441 g/mol. The average Bonchev–Trinajstić information content (AvgIpc) is 3.20. The van der Waals surface area contributed by atoms with Gasteiger partial charge in [0.05, 0.1) is 11.9 Å². The third-order valence-corrected chi connectivity index (χ3v) is 5.32. The molecule has 0 radical (unpaired) electrons. The van der Waals surface area contributed by atoms with Gasteiger partial charge in [-0.3, -0.25) is 14.5 Å². The van der Waals surface area contributed by atoms with Gasteiger partial charge >= 0.3 is 0 Å². The van der Waals surface area contributed by atoms with Crippen LogP contribution in [0.3, 0.4) is 0 Å². The third-order valence-electron chi connectivity index (χ3n) is 3.96. The standard InChI is InChI=1S/C20H13BrN2O3S/c21-13-6-7-17-15(10-13)16(24)11-18(26-17)20(25)23(12-14-4-3-9-27-14)19-5-1-2-8-22-19/h1-11H,12H2. The smallest absolute Gasteiger partial charge is 0.295 e. The highest BCUT2D eigenvalue weighted by atomic mass is 79.9. The summed E-state index contributed by atoms with van der Waals surface area (Å²) < 4.78 is 6.52. The molecule has 7 heteroatoms. The fraction of sp³-hybridized carbons (Fsp3) is 0.0500. The van der Waals surface area contributed by atoms with Crippen molar-refractivity contribution in [3.05, 3.63) is 91.5 Å². The molecule has 3 aromatic heterocycles. The van der Waals surface area contributed by atoms with Gasteiger partial charge in [0.1, 0.15) is 11.4 Å². The minimum Gasteiger partial charge on any atom is -0.451 e. The Morgan fingerprint density at radius 2 is 2.04 bits per heavy atom. The van der Waals surface area contributed by atoms with E-state index in [0.717, 1.165) is 9.35 Å². The number of benzene rings is 1. The van der Waals surface area contributed by atoms with Crippen LogP contribution in [0.1, 0.15) is 15.4 Å². The zero-order valence-electron chi connectivity index (χ0n) is 14.0. The molecule has 1 aromatic carbocycles. The predicted octanol–water partition coefficient (Wildman–Crippen LogP) is 4.86. The second-order valence-corrected chi connectivity index (χ2v) is 7.72. The zero-order valence-corrected chi connectivity index (χ0v) is 16.4. The number of thiophene rings is 1. The fourth-order valence-electron chi connectivity index (χ4n) is 2.70. The molecule has 134 valence electrons. The molecule has 0 bridgehead atoms. The Kier molecular flexibility index (Phi) is 4.87. The number of fused-ring (bicyclic) bond motifs is 1. The van der Waals surface area contributed by atoms with E-state index in [1.54, 1.807) is 47.9 Å². The summed E-state index contributed by atoms with van der Waals surface area (Å²) in [6, 6.07) is 15.6. The molecule has 4 aromatic rings. The maximum absolute atomic E-state index is 13.2. The first-order valence-corrected chi connectivity index (χ1v) is 9.78. The lowest BCUT2D eigenvalue weighted by molar-refractivity contribution is 0.0958. The molecule has 0 fully saturated rings. The van der Waals surface area contributed by atoms with Gasteiger partial charge in [-0.1, -0.05) is 28.1 Å².